The number of nitrogens with one attached hydrogen (secondary N) is 1. The SMILES string of the molecule is CN(C(=O)Oc1ccc2c3c([nH]c2c1)C=CN(C(=O)c1ccc(F)cc1)CC3(C)C)c1ccccc1. The summed E-state index contributed by atoms with van der Waals surface area (Å²) >= 11 is 0. The highest BCUT2D eigenvalue weighted by Gasteiger charge is 2.33. The molecule has 0 bridgehead atoms. The van der Waals surface area contributed by atoms with E-state index in [4.69, 9.17) is 4.74 Å². The maximum absolute atomic E-state index is 13.3. The number of halogens is 1. The minimum atomic E-state index is -0.483. The summed E-state index contributed by atoms with van der Waals surface area (Å²) in [5.74, 6) is -0.136. The molecule has 0 spiro atoms. The zero-order chi connectivity index (χ0) is 25.4. The number of hydrogen-bond acceptors (Lipinski definition) is 3. The van der Waals surface area contributed by atoms with Crippen LogP contribution in [0, 0.1) is 5.82 Å². The molecular weight excluding hydrogens is 457 g/mol. The smallest absolute Gasteiger partial charge is 0.410 e. The molecule has 4 aromatic rings. The number of rotatable bonds is 3. The van der Waals surface area contributed by atoms with Crippen molar-refractivity contribution in [2.75, 3.05) is 18.5 Å². The Hall–Kier alpha value is -4.39. The third kappa shape index (κ3) is 4.35. The molecule has 1 aliphatic rings. The molecule has 0 saturated heterocycles. The molecule has 0 aliphatic carbocycles. The van der Waals surface area contributed by atoms with Gasteiger partial charge < -0.3 is 14.6 Å². The van der Waals surface area contributed by atoms with Crippen LogP contribution >= 0.6 is 0 Å². The molecule has 7 heteroatoms. The van der Waals surface area contributed by atoms with E-state index in [-0.39, 0.29) is 11.7 Å². The van der Waals surface area contributed by atoms with Crippen molar-refractivity contribution >= 4 is 34.7 Å². The normalized spacial score (nSPS) is 14.3. The van der Waals surface area contributed by atoms with Crippen molar-refractivity contribution in [1.82, 2.24) is 9.88 Å². The van der Waals surface area contributed by atoms with Crippen LogP contribution < -0.4 is 9.64 Å². The molecular formula is C29H26FN3O3. The molecule has 1 aromatic heterocycles. The largest absolute Gasteiger partial charge is 0.419 e. The Morgan fingerprint density at radius 1 is 1.03 bits per heavy atom. The number of aromatic nitrogens is 1. The average molecular weight is 484 g/mol. The highest BCUT2D eigenvalue weighted by atomic mass is 19.1. The minimum absolute atomic E-state index is 0.189. The lowest BCUT2D eigenvalue weighted by atomic mass is 9.82. The van der Waals surface area contributed by atoms with Crippen molar-refractivity contribution in [1.29, 1.82) is 0 Å². The van der Waals surface area contributed by atoms with Gasteiger partial charge in [-0.3, -0.25) is 9.69 Å². The fourth-order valence-electron chi connectivity index (χ4n) is 4.66. The van der Waals surface area contributed by atoms with Crippen LogP contribution in [-0.4, -0.2) is 35.5 Å². The number of anilines is 1. The molecule has 1 aliphatic heterocycles. The number of fused-ring (bicyclic) bond motifs is 3. The van der Waals surface area contributed by atoms with E-state index in [0.717, 1.165) is 27.8 Å². The molecule has 0 fully saturated rings. The number of hydrogen-bond donors (Lipinski definition) is 1. The lowest BCUT2D eigenvalue weighted by molar-refractivity contribution is 0.0801. The van der Waals surface area contributed by atoms with Gasteiger partial charge in [-0.2, -0.15) is 0 Å². The van der Waals surface area contributed by atoms with Crippen molar-refractivity contribution in [2.45, 2.75) is 19.3 Å². The number of nitrogens with zero attached hydrogens (tertiary/aromatic N) is 2. The summed E-state index contributed by atoms with van der Waals surface area (Å²) in [7, 11) is 1.67. The van der Waals surface area contributed by atoms with Gasteiger partial charge in [0.15, 0.2) is 0 Å². The zero-order valence-corrected chi connectivity index (χ0v) is 20.3. The fourth-order valence-corrected chi connectivity index (χ4v) is 4.66. The number of ether oxygens (including phenoxy) is 1. The van der Waals surface area contributed by atoms with Crippen LogP contribution in [0.15, 0.2) is 79.0 Å². The Bertz CT molecular complexity index is 1470. The van der Waals surface area contributed by atoms with Gasteiger partial charge in [0.25, 0.3) is 5.91 Å². The van der Waals surface area contributed by atoms with Crippen LogP contribution in [0.25, 0.3) is 17.0 Å². The van der Waals surface area contributed by atoms with Crippen LogP contribution in [0.1, 0.15) is 35.5 Å². The Morgan fingerprint density at radius 3 is 2.47 bits per heavy atom. The third-order valence-electron chi connectivity index (χ3n) is 6.44. The van der Waals surface area contributed by atoms with Gasteiger partial charge >= 0.3 is 6.09 Å². The maximum Gasteiger partial charge on any atom is 0.419 e. The molecule has 2 amide bonds. The third-order valence-corrected chi connectivity index (χ3v) is 6.44. The quantitative estimate of drug-likeness (QED) is 0.369. The molecule has 2 heterocycles. The topological polar surface area (TPSA) is 65.6 Å². The lowest BCUT2D eigenvalue weighted by Gasteiger charge is -2.29. The Labute approximate surface area is 208 Å². The summed E-state index contributed by atoms with van der Waals surface area (Å²) in [6.45, 7) is 4.61. The first-order chi connectivity index (χ1) is 17.2. The Kier molecular flexibility index (Phi) is 5.84. The summed E-state index contributed by atoms with van der Waals surface area (Å²) in [5, 5.41) is 0.993. The molecule has 36 heavy (non-hydrogen) atoms. The maximum atomic E-state index is 13.3. The van der Waals surface area contributed by atoms with Gasteiger partial charge in [0.1, 0.15) is 11.6 Å². The number of aromatic amines is 1. The summed E-state index contributed by atoms with van der Waals surface area (Å²) in [6.07, 6.45) is 3.15. The monoisotopic (exact) mass is 483 g/mol. The van der Waals surface area contributed by atoms with E-state index in [9.17, 15) is 14.0 Å². The van der Waals surface area contributed by atoms with Crippen LogP contribution in [0.4, 0.5) is 14.9 Å². The number of benzene rings is 3. The standard InChI is InChI=1S/C29H26FN3O3/c1-29(2)18-33(27(34)19-9-11-20(30)12-10-19)16-15-24-26(29)23-14-13-22(17-25(23)31-24)36-28(35)32(3)21-7-5-4-6-8-21/h4-17,31H,18H2,1-3H3. The van der Waals surface area contributed by atoms with Gasteiger partial charge in [-0.15, -0.1) is 0 Å². The van der Waals surface area contributed by atoms with E-state index in [0.29, 0.717) is 17.9 Å². The van der Waals surface area contributed by atoms with Crippen molar-refractivity contribution in [2.24, 2.45) is 0 Å². The van der Waals surface area contributed by atoms with E-state index >= 15 is 0 Å². The molecule has 0 atom stereocenters. The van der Waals surface area contributed by atoms with Gasteiger partial charge in [0.2, 0.25) is 0 Å². The lowest BCUT2D eigenvalue weighted by Crippen LogP contribution is -2.36. The first kappa shape index (κ1) is 23.4. The molecule has 182 valence electrons. The molecule has 6 nitrogen and oxygen atoms in total. The summed E-state index contributed by atoms with van der Waals surface area (Å²) < 4.78 is 18.9. The number of H-pyrrole nitrogens is 1. The second-order valence-corrected chi connectivity index (χ2v) is 9.52. The summed E-state index contributed by atoms with van der Waals surface area (Å²) in [4.78, 5) is 32.3. The van der Waals surface area contributed by atoms with E-state index < -0.39 is 11.5 Å². The zero-order valence-electron chi connectivity index (χ0n) is 20.3. The first-order valence-electron chi connectivity index (χ1n) is 11.6. The van der Waals surface area contributed by atoms with Gasteiger partial charge in [0, 0.05) is 59.1 Å². The van der Waals surface area contributed by atoms with Crippen molar-refractivity contribution in [3.05, 3.63) is 102 Å². The van der Waals surface area contributed by atoms with E-state index in [1.165, 1.54) is 29.2 Å². The van der Waals surface area contributed by atoms with Gasteiger partial charge in [-0.25, -0.2) is 9.18 Å². The molecule has 1 N–H and O–H groups in total. The summed E-state index contributed by atoms with van der Waals surface area (Å²) in [5.41, 5.74) is 3.57. The van der Waals surface area contributed by atoms with Gasteiger partial charge in [-0.05, 0) is 60.2 Å². The first-order valence-corrected chi connectivity index (χ1v) is 11.6. The second kappa shape index (κ2) is 9.00. The number of para-hydroxylation sites is 1. The number of carbonyl (C=O) groups excluding carboxylic acids is 2. The minimum Gasteiger partial charge on any atom is -0.410 e. The Balaban J connectivity index is 1.41. The van der Waals surface area contributed by atoms with E-state index in [2.05, 4.69) is 18.8 Å². The molecule has 0 radical (unpaired) electrons. The summed E-state index contributed by atoms with van der Waals surface area (Å²) in [6, 6.07) is 20.4. The van der Waals surface area contributed by atoms with Crippen molar-refractivity contribution < 1.29 is 18.7 Å². The predicted octanol–water partition coefficient (Wildman–Crippen LogP) is 6.35. The molecule has 3 aromatic carbocycles. The van der Waals surface area contributed by atoms with Crippen LogP contribution in [0.3, 0.4) is 0 Å². The fraction of sp³-hybridized carbons (Fsp3) is 0.172. The Morgan fingerprint density at radius 2 is 1.75 bits per heavy atom. The average Bonchev–Trinajstić information content (AvgIpc) is 3.19. The molecule has 0 unspecified atom stereocenters. The van der Waals surface area contributed by atoms with Crippen LogP contribution in [-0.2, 0) is 5.41 Å². The van der Waals surface area contributed by atoms with E-state index in [1.807, 2.05) is 48.5 Å². The van der Waals surface area contributed by atoms with Crippen molar-refractivity contribution in [3.8, 4) is 5.75 Å². The highest BCUT2D eigenvalue weighted by Crippen LogP contribution is 2.38. The van der Waals surface area contributed by atoms with E-state index in [1.54, 1.807) is 24.2 Å². The number of amides is 2. The number of carbonyl (C=O) groups is 2. The molecule has 5 rings (SSSR count). The van der Waals surface area contributed by atoms with Crippen LogP contribution in [0.2, 0.25) is 0 Å². The van der Waals surface area contributed by atoms with Gasteiger partial charge in [-0.1, -0.05) is 32.0 Å². The second-order valence-electron chi connectivity index (χ2n) is 9.52. The predicted molar refractivity (Wildman–Crippen MR) is 139 cm³/mol. The highest BCUT2D eigenvalue weighted by molar-refractivity contribution is 5.96. The van der Waals surface area contributed by atoms with Crippen LogP contribution in [0.5, 0.6) is 5.75 Å². The van der Waals surface area contributed by atoms with Crippen molar-refractivity contribution in [3.63, 3.8) is 0 Å². The molecule has 0 saturated carbocycles. The van der Waals surface area contributed by atoms with Gasteiger partial charge in [0.05, 0.1) is 0 Å².